The number of fused-ring (bicyclic) bond motifs is 1. The first-order chi connectivity index (χ1) is 5.36. The minimum atomic E-state index is -0.112. The van der Waals surface area contributed by atoms with Gasteiger partial charge in [0.25, 0.3) is 0 Å². The van der Waals surface area contributed by atoms with Gasteiger partial charge in [0.15, 0.2) is 0 Å². The van der Waals surface area contributed by atoms with Gasteiger partial charge >= 0.3 is 72.0 Å². The molecule has 11 heavy (non-hydrogen) atoms. The molecular weight excluding hydrogens is 211 g/mol. The summed E-state index contributed by atoms with van der Waals surface area (Å²) in [5.41, 5.74) is 0. The Bertz CT molecular complexity index is 153. The predicted octanol–water partition coefficient (Wildman–Crippen LogP) is 0.297. The zero-order valence-corrected chi connectivity index (χ0v) is 8.36. The van der Waals surface area contributed by atoms with Crippen LogP contribution >= 0.6 is 0 Å². The van der Waals surface area contributed by atoms with Crippen molar-refractivity contribution in [3.05, 3.63) is 0 Å². The zero-order chi connectivity index (χ0) is 7.84. The molecule has 2 rings (SSSR count). The fourth-order valence-corrected chi connectivity index (χ4v) is 3.95. The molecule has 0 aliphatic carbocycles. The first-order valence-electron chi connectivity index (χ1n) is 3.69. The van der Waals surface area contributed by atoms with Gasteiger partial charge in [-0.3, -0.25) is 0 Å². The molecule has 0 radical (unpaired) electrons. The summed E-state index contributed by atoms with van der Waals surface area (Å²) in [6.07, 6.45) is 0.517. The molecule has 0 bridgehead atoms. The molecule has 2 saturated heterocycles. The van der Waals surface area contributed by atoms with Gasteiger partial charge < -0.3 is 0 Å². The van der Waals surface area contributed by atoms with Crippen molar-refractivity contribution in [1.29, 1.82) is 0 Å². The summed E-state index contributed by atoms with van der Waals surface area (Å²) in [6.45, 7) is 0. The van der Waals surface area contributed by atoms with Gasteiger partial charge in [0.1, 0.15) is 0 Å². The molecule has 2 aliphatic heterocycles. The van der Waals surface area contributed by atoms with E-state index in [1.54, 1.807) is 14.2 Å². The summed E-state index contributed by atoms with van der Waals surface area (Å²) in [6, 6.07) is 0. The van der Waals surface area contributed by atoms with Crippen LogP contribution in [0.15, 0.2) is 0 Å². The van der Waals surface area contributed by atoms with Crippen LogP contribution in [0, 0.1) is 0 Å². The van der Waals surface area contributed by atoms with Gasteiger partial charge in [-0.15, -0.1) is 0 Å². The van der Waals surface area contributed by atoms with E-state index in [-0.39, 0.29) is 12.4 Å². The molecule has 0 aromatic rings. The molecule has 0 saturated carbocycles. The van der Waals surface area contributed by atoms with Crippen molar-refractivity contribution in [2.75, 3.05) is 14.2 Å². The molecule has 4 heteroatoms. The molecule has 0 aromatic heterocycles. The molecule has 64 valence electrons. The van der Waals surface area contributed by atoms with Crippen molar-refractivity contribution in [3.8, 4) is 0 Å². The van der Waals surface area contributed by atoms with Gasteiger partial charge in [-0.25, -0.2) is 0 Å². The van der Waals surface area contributed by atoms with Crippen molar-refractivity contribution < 1.29 is 14.2 Å². The first-order valence-corrected chi connectivity index (χ1v) is 5.89. The van der Waals surface area contributed by atoms with Gasteiger partial charge in [0.2, 0.25) is 0 Å². The number of rotatable bonds is 2. The molecule has 4 atom stereocenters. The fourth-order valence-electron chi connectivity index (χ4n) is 1.55. The summed E-state index contributed by atoms with van der Waals surface area (Å²) in [4.78, 5) is 0.650. The predicted molar refractivity (Wildman–Crippen MR) is 40.8 cm³/mol. The van der Waals surface area contributed by atoms with E-state index >= 15 is 0 Å². The molecule has 2 aliphatic rings. The van der Waals surface area contributed by atoms with Crippen molar-refractivity contribution in [2.45, 2.75) is 28.6 Å². The van der Waals surface area contributed by atoms with Gasteiger partial charge in [0, 0.05) is 0 Å². The Labute approximate surface area is 72.5 Å². The third-order valence-electron chi connectivity index (χ3n) is 2.22. The van der Waals surface area contributed by atoms with E-state index in [2.05, 4.69) is 0 Å². The molecule has 3 nitrogen and oxygen atoms in total. The fraction of sp³-hybridized carbons (Fsp3) is 1.00. The van der Waals surface area contributed by atoms with Gasteiger partial charge in [-0.2, -0.15) is 0 Å². The molecular formula is C7H12O3Se. The Morgan fingerprint density at radius 3 is 2.64 bits per heavy atom. The van der Waals surface area contributed by atoms with E-state index in [1.165, 1.54) is 5.32 Å². The molecule has 0 amide bonds. The SMILES string of the molecule is CO[C@H]1O[C@@H]2C[Se][C@@H]2[C@@H]1OC. The standard InChI is InChI=1S/C7H12O3Se/c1-8-5-6-4(3-11-6)10-7(5)9-2/h4-7H,3H2,1-2H3/t4-,5+,6+,7+/m1/s1. The van der Waals surface area contributed by atoms with E-state index in [9.17, 15) is 0 Å². The number of ether oxygens (including phenoxy) is 3. The summed E-state index contributed by atoms with van der Waals surface area (Å²) < 4.78 is 16.1. The third kappa shape index (κ3) is 1.14. The van der Waals surface area contributed by atoms with Crippen molar-refractivity contribution >= 4 is 15.0 Å². The van der Waals surface area contributed by atoms with Crippen molar-refractivity contribution in [2.24, 2.45) is 0 Å². The van der Waals surface area contributed by atoms with E-state index in [0.29, 0.717) is 10.9 Å². The van der Waals surface area contributed by atoms with Crippen LogP contribution in [0.25, 0.3) is 0 Å². The second kappa shape index (κ2) is 3.03. The number of methoxy groups -OCH3 is 2. The Balaban J connectivity index is 2.02. The number of hydrogen-bond acceptors (Lipinski definition) is 3. The molecule has 0 aromatic carbocycles. The van der Waals surface area contributed by atoms with Gasteiger partial charge in [-0.1, -0.05) is 0 Å². The van der Waals surface area contributed by atoms with E-state index in [0.717, 1.165) is 15.0 Å². The van der Waals surface area contributed by atoms with Crippen LogP contribution < -0.4 is 0 Å². The topological polar surface area (TPSA) is 27.7 Å². The molecule has 2 heterocycles. The molecule has 0 unspecified atom stereocenters. The molecule has 0 N–H and O–H groups in total. The summed E-state index contributed by atoms with van der Waals surface area (Å²) >= 11 is 0.721. The Morgan fingerprint density at radius 2 is 2.18 bits per heavy atom. The monoisotopic (exact) mass is 224 g/mol. The maximum atomic E-state index is 5.58. The normalized spacial score (nSPS) is 48.5. The van der Waals surface area contributed by atoms with E-state index in [1.807, 2.05) is 0 Å². The Morgan fingerprint density at radius 1 is 1.36 bits per heavy atom. The van der Waals surface area contributed by atoms with Crippen molar-refractivity contribution in [1.82, 2.24) is 0 Å². The first kappa shape index (κ1) is 8.02. The average Bonchev–Trinajstić information content (AvgIpc) is 2.23. The summed E-state index contributed by atoms with van der Waals surface area (Å²) in [7, 11) is 3.41. The quantitative estimate of drug-likeness (QED) is 0.630. The second-order valence-corrected chi connectivity index (χ2v) is 5.32. The summed E-state index contributed by atoms with van der Waals surface area (Å²) in [5, 5.41) is 1.23. The van der Waals surface area contributed by atoms with Crippen molar-refractivity contribution in [3.63, 3.8) is 0 Å². The maximum absolute atomic E-state index is 5.58. The van der Waals surface area contributed by atoms with Crippen LogP contribution in [0.3, 0.4) is 0 Å². The van der Waals surface area contributed by atoms with Gasteiger partial charge in [-0.05, 0) is 0 Å². The van der Waals surface area contributed by atoms with Crippen LogP contribution in [0.4, 0.5) is 0 Å². The molecule has 2 fully saturated rings. The van der Waals surface area contributed by atoms with Crippen LogP contribution in [0.1, 0.15) is 0 Å². The zero-order valence-electron chi connectivity index (χ0n) is 6.65. The van der Waals surface area contributed by atoms with Crippen LogP contribution in [0.2, 0.25) is 10.1 Å². The minimum absolute atomic E-state index is 0.112. The van der Waals surface area contributed by atoms with Crippen LogP contribution in [-0.4, -0.2) is 47.7 Å². The molecule has 0 spiro atoms. The Kier molecular flexibility index (Phi) is 2.21. The number of hydrogen-bond donors (Lipinski definition) is 0. The van der Waals surface area contributed by atoms with E-state index in [4.69, 9.17) is 14.2 Å². The van der Waals surface area contributed by atoms with Crippen LogP contribution in [-0.2, 0) is 14.2 Å². The summed E-state index contributed by atoms with van der Waals surface area (Å²) in [5.74, 6) is 0. The average molecular weight is 223 g/mol. The Hall–Kier alpha value is 0.399. The van der Waals surface area contributed by atoms with Gasteiger partial charge in [0.05, 0.1) is 0 Å². The van der Waals surface area contributed by atoms with Crippen LogP contribution in [0.5, 0.6) is 0 Å². The van der Waals surface area contributed by atoms with E-state index < -0.39 is 0 Å². The second-order valence-electron chi connectivity index (χ2n) is 2.78. The third-order valence-corrected chi connectivity index (χ3v) is 5.33.